The highest BCUT2D eigenvalue weighted by molar-refractivity contribution is 6.61. The molecule has 0 atom stereocenters. The monoisotopic (exact) mass is 275 g/mol. The van der Waals surface area contributed by atoms with Crippen LogP contribution in [0.15, 0.2) is 24.4 Å². The topological polar surface area (TPSA) is 67.3 Å². The molecule has 0 unspecified atom stereocenters. The molecule has 0 saturated heterocycles. The molecule has 0 radical (unpaired) electrons. The molecule has 5 nitrogen and oxygen atoms in total. The highest BCUT2D eigenvalue weighted by Gasteiger charge is 2.27. The molecule has 0 bridgehead atoms. The summed E-state index contributed by atoms with van der Waals surface area (Å²) >= 11 is 5.78. The molecule has 0 spiro atoms. The van der Waals surface area contributed by atoms with Gasteiger partial charge in [0.25, 0.3) is 0 Å². The first-order chi connectivity index (χ1) is 9.13. The average molecular weight is 276 g/mol. The van der Waals surface area contributed by atoms with E-state index in [2.05, 4.69) is 15.3 Å². The van der Waals surface area contributed by atoms with Crippen molar-refractivity contribution >= 4 is 35.7 Å². The van der Waals surface area contributed by atoms with E-state index in [0.29, 0.717) is 12.4 Å². The molecule has 2 heterocycles. The number of halogens is 1. The lowest BCUT2D eigenvalue weighted by Crippen LogP contribution is -2.28. The van der Waals surface area contributed by atoms with Crippen molar-refractivity contribution in [3.05, 3.63) is 40.8 Å². The molecular weight excluding hydrogens is 264 g/mol. The molecular formula is C12H11BClN3O2. The lowest BCUT2D eigenvalue weighted by atomic mass is 9.79. The van der Waals surface area contributed by atoms with Gasteiger partial charge in [-0.1, -0.05) is 6.07 Å². The molecule has 1 aromatic heterocycles. The molecule has 2 aromatic rings. The summed E-state index contributed by atoms with van der Waals surface area (Å²) in [6.07, 6.45) is 1.66. The van der Waals surface area contributed by atoms with Crippen LogP contribution in [-0.4, -0.2) is 22.1 Å². The fraction of sp³-hybridized carbons (Fsp3) is 0.167. The third kappa shape index (κ3) is 2.42. The van der Waals surface area contributed by atoms with Gasteiger partial charge in [0.15, 0.2) is 0 Å². The molecule has 3 rings (SSSR count). The van der Waals surface area contributed by atoms with Crippen LogP contribution in [0.4, 0.5) is 11.5 Å². The number of fused-ring (bicyclic) bond motifs is 1. The Bertz CT molecular complexity index is 638. The maximum Gasteiger partial charge on any atom is 0.491 e. The standard InChI is InChI=1S/C12H11BClN3O2/c1-7-5-15-12(14)17-11(7)16-9-3-2-8-6-19-13(18)10(8)4-9/h2-5,18H,6H2,1H3,(H,15,16,17). The summed E-state index contributed by atoms with van der Waals surface area (Å²) in [4.78, 5) is 8.04. The van der Waals surface area contributed by atoms with Crippen molar-refractivity contribution in [2.45, 2.75) is 13.5 Å². The molecule has 0 saturated carbocycles. The third-order valence-corrected chi connectivity index (χ3v) is 3.20. The van der Waals surface area contributed by atoms with E-state index in [1.165, 1.54) is 0 Å². The van der Waals surface area contributed by atoms with E-state index in [1.54, 1.807) is 6.20 Å². The first-order valence-corrected chi connectivity index (χ1v) is 6.20. The second-order valence-electron chi connectivity index (χ2n) is 4.37. The van der Waals surface area contributed by atoms with Gasteiger partial charge < -0.3 is 15.0 Å². The number of benzene rings is 1. The van der Waals surface area contributed by atoms with Crippen molar-refractivity contribution in [2.75, 3.05) is 5.32 Å². The summed E-state index contributed by atoms with van der Waals surface area (Å²) in [6.45, 7) is 2.33. The number of aryl methyl sites for hydroxylation is 1. The Kier molecular flexibility index (Phi) is 3.14. The summed E-state index contributed by atoms with van der Waals surface area (Å²) < 4.78 is 5.15. The van der Waals surface area contributed by atoms with Crippen molar-refractivity contribution in [3.8, 4) is 0 Å². The van der Waals surface area contributed by atoms with Gasteiger partial charge in [0.2, 0.25) is 5.28 Å². The first kappa shape index (κ1) is 12.4. The van der Waals surface area contributed by atoms with Crippen LogP contribution in [0, 0.1) is 6.92 Å². The normalized spacial score (nSPS) is 13.5. The predicted octanol–water partition coefficient (Wildman–Crippen LogP) is 1.40. The minimum absolute atomic E-state index is 0.192. The Morgan fingerprint density at radius 1 is 1.47 bits per heavy atom. The Hall–Kier alpha value is -1.63. The highest BCUT2D eigenvalue weighted by atomic mass is 35.5. The second-order valence-corrected chi connectivity index (χ2v) is 4.71. The van der Waals surface area contributed by atoms with Crippen molar-refractivity contribution in [1.82, 2.24) is 9.97 Å². The number of hydrogen-bond donors (Lipinski definition) is 2. The number of aromatic nitrogens is 2. The fourth-order valence-corrected chi connectivity index (χ4v) is 2.11. The van der Waals surface area contributed by atoms with E-state index < -0.39 is 7.12 Å². The Balaban J connectivity index is 1.92. The summed E-state index contributed by atoms with van der Waals surface area (Å²) in [5.41, 5.74) is 3.49. The SMILES string of the molecule is Cc1cnc(Cl)nc1Nc1ccc2c(c1)B(O)OC2. The van der Waals surface area contributed by atoms with E-state index in [1.807, 2.05) is 25.1 Å². The van der Waals surface area contributed by atoms with Crippen LogP contribution in [-0.2, 0) is 11.3 Å². The lowest BCUT2D eigenvalue weighted by molar-refractivity contribution is 0.275. The zero-order chi connectivity index (χ0) is 13.4. The quantitative estimate of drug-likeness (QED) is 0.640. The number of rotatable bonds is 2. The van der Waals surface area contributed by atoms with Crippen LogP contribution >= 0.6 is 11.6 Å². The smallest absolute Gasteiger partial charge is 0.423 e. The van der Waals surface area contributed by atoms with Gasteiger partial charge in [0.1, 0.15) is 5.82 Å². The first-order valence-electron chi connectivity index (χ1n) is 5.82. The minimum Gasteiger partial charge on any atom is -0.423 e. The molecule has 0 amide bonds. The van der Waals surface area contributed by atoms with Crippen molar-refractivity contribution in [1.29, 1.82) is 0 Å². The maximum absolute atomic E-state index is 9.67. The van der Waals surface area contributed by atoms with Crippen molar-refractivity contribution < 1.29 is 9.68 Å². The Morgan fingerprint density at radius 2 is 2.32 bits per heavy atom. The number of hydrogen-bond acceptors (Lipinski definition) is 5. The van der Waals surface area contributed by atoms with Gasteiger partial charge in [0.05, 0.1) is 6.61 Å². The van der Waals surface area contributed by atoms with Crippen LogP contribution in [0.3, 0.4) is 0 Å². The van der Waals surface area contributed by atoms with E-state index in [4.69, 9.17) is 16.3 Å². The number of nitrogens with one attached hydrogen (secondary N) is 1. The lowest BCUT2D eigenvalue weighted by Gasteiger charge is -2.09. The zero-order valence-electron chi connectivity index (χ0n) is 10.2. The molecule has 1 aliphatic heterocycles. The maximum atomic E-state index is 9.67. The molecule has 2 N–H and O–H groups in total. The van der Waals surface area contributed by atoms with Crippen LogP contribution in [0.5, 0.6) is 0 Å². The van der Waals surface area contributed by atoms with E-state index in [0.717, 1.165) is 22.3 Å². The molecule has 0 fully saturated rings. The summed E-state index contributed by atoms with van der Waals surface area (Å²) in [7, 11) is -0.855. The van der Waals surface area contributed by atoms with E-state index in [9.17, 15) is 5.02 Å². The van der Waals surface area contributed by atoms with Crippen LogP contribution in [0.2, 0.25) is 5.28 Å². The average Bonchev–Trinajstić information content (AvgIpc) is 2.76. The van der Waals surface area contributed by atoms with Gasteiger partial charge in [-0.3, -0.25) is 0 Å². The van der Waals surface area contributed by atoms with E-state index >= 15 is 0 Å². The molecule has 19 heavy (non-hydrogen) atoms. The molecule has 7 heteroatoms. The molecule has 96 valence electrons. The van der Waals surface area contributed by atoms with Gasteiger partial charge in [0, 0.05) is 17.4 Å². The predicted molar refractivity (Wildman–Crippen MR) is 73.9 cm³/mol. The van der Waals surface area contributed by atoms with Crippen molar-refractivity contribution in [3.63, 3.8) is 0 Å². The molecule has 1 aliphatic rings. The Morgan fingerprint density at radius 3 is 3.16 bits per heavy atom. The highest BCUT2D eigenvalue weighted by Crippen LogP contribution is 2.20. The van der Waals surface area contributed by atoms with Gasteiger partial charge in [-0.15, -0.1) is 0 Å². The van der Waals surface area contributed by atoms with Gasteiger partial charge >= 0.3 is 7.12 Å². The van der Waals surface area contributed by atoms with Crippen LogP contribution < -0.4 is 10.8 Å². The third-order valence-electron chi connectivity index (χ3n) is 3.01. The fourth-order valence-electron chi connectivity index (χ4n) is 1.98. The van der Waals surface area contributed by atoms with Gasteiger partial charge in [-0.2, -0.15) is 0 Å². The Labute approximate surface area is 115 Å². The number of nitrogens with zero attached hydrogens (tertiary/aromatic N) is 2. The van der Waals surface area contributed by atoms with Gasteiger partial charge in [-0.05, 0) is 41.7 Å². The number of anilines is 2. The molecule has 0 aliphatic carbocycles. The second kappa shape index (κ2) is 4.81. The zero-order valence-corrected chi connectivity index (χ0v) is 11.0. The summed E-state index contributed by atoms with van der Waals surface area (Å²) in [5.74, 6) is 0.647. The van der Waals surface area contributed by atoms with E-state index in [-0.39, 0.29) is 5.28 Å². The van der Waals surface area contributed by atoms with Crippen molar-refractivity contribution in [2.24, 2.45) is 0 Å². The van der Waals surface area contributed by atoms with Crippen LogP contribution in [0.25, 0.3) is 0 Å². The largest absolute Gasteiger partial charge is 0.491 e. The van der Waals surface area contributed by atoms with Crippen LogP contribution in [0.1, 0.15) is 11.1 Å². The molecule has 1 aromatic carbocycles. The van der Waals surface area contributed by atoms with Gasteiger partial charge in [-0.25, -0.2) is 9.97 Å². The summed E-state index contributed by atoms with van der Waals surface area (Å²) in [5, 5.41) is 13.0. The minimum atomic E-state index is -0.855. The summed E-state index contributed by atoms with van der Waals surface area (Å²) in [6, 6.07) is 5.68.